The fraction of sp³-hybridized carbons (Fsp3) is 0.333. The molecule has 0 bridgehead atoms. The van der Waals surface area contributed by atoms with Gasteiger partial charge in [-0.25, -0.2) is 4.39 Å². The third kappa shape index (κ3) is 3.54. The van der Waals surface area contributed by atoms with E-state index in [0.29, 0.717) is 5.56 Å². The molecule has 5 nitrogen and oxygen atoms in total. The summed E-state index contributed by atoms with van der Waals surface area (Å²) in [6.45, 7) is 3.48. The molecule has 0 saturated heterocycles. The van der Waals surface area contributed by atoms with Crippen molar-refractivity contribution in [3.63, 3.8) is 0 Å². The summed E-state index contributed by atoms with van der Waals surface area (Å²) in [6.07, 6.45) is 0. The molecule has 1 aromatic carbocycles. The van der Waals surface area contributed by atoms with E-state index in [2.05, 4.69) is 5.32 Å². The molecule has 1 atom stereocenters. The smallest absolute Gasteiger partial charge is 0.307 e. The number of halogens is 1. The van der Waals surface area contributed by atoms with Crippen molar-refractivity contribution in [3.05, 3.63) is 50.3 Å². The Morgan fingerprint density at radius 3 is 2.77 bits per heavy atom. The van der Waals surface area contributed by atoms with Gasteiger partial charge in [-0.15, -0.1) is 0 Å². The molecular formula is C15H17FN2O3S. The van der Waals surface area contributed by atoms with Crippen molar-refractivity contribution < 1.29 is 13.9 Å². The lowest BCUT2D eigenvalue weighted by molar-refractivity contribution is -0.122. The summed E-state index contributed by atoms with van der Waals surface area (Å²) < 4.78 is 19.9. The van der Waals surface area contributed by atoms with Crippen LogP contribution in [-0.4, -0.2) is 17.6 Å². The van der Waals surface area contributed by atoms with E-state index < -0.39 is 5.82 Å². The molecule has 7 heteroatoms. The summed E-state index contributed by atoms with van der Waals surface area (Å²) in [6, 6.07) is 4.16. The van der Waals surface area contributed by atoms with Crippen LogP contribution in [-0.2, 0) is 11.3 Å². The zero-order valence-corrected chi connectivity index (χ0v) is 13.4. The molecule has 22 heavy (non-hydrogen) atoms. The number of thiazole rings is 1. The van der Waals surface area contributed by atoms with E-state index in [1.165, 1.54) is 23.8 Å². The molecule has 1 aromatic heterocycles. The van der Waals surface area contributed by atoms with E-state index in [0.717, 1.165) is 17.0 Å². The second-order valence-electron chi connectivity index (χ2n) is 4.91. The maximum absolute atomic E-state index is 13.7. The van der Waals surface area contributed by atoms with E-state index in [1.54, 1.807) is 25.3 Å². The number of hydrogen-bond donors (Lipinski definition) is 1. The van der Waals surface area contributed by atoms with Crippen LogP contribution in [0.4, 0.5) is 4.39 Å². The maximum Gasteiger partial charge on any atom is 0.307 e. The van der Waals surface area contributed by atoms with Crippen LogP contribution in [0.1, 0.15) is 24.2 Å². The van der Waals surface area contributed by atoms with Crippen molar-refractivity contribution in [1.29, 1.82) is 0 Å². The molecule has 118 valence electrons. The lowest BCUT2D eigenvalue weighted by atomic mass is 10.1. The zero-order chi connectivity index (χ0) is 16.3. The fourth-order valence-corrected chi connectivity index (χ4v) is 2.80. The van der Waals surface area contributed by atoms with Gasteiger partial charge in [-0.3, -0.25) is 14.2 Å². The summed E-state index contributed by atoms with van der Waals surface area (Å²) in [7, 11) is 1.39. The molecule has 0 aliphatic heterocycles. The van der Waals surface area contributed by atoms with Gasteiger partial charge in [0.15, 0.2) is 11.6 Å². The van der Waals surface area contributed by atoms with Crippen molar-refractivity contribution in [2.75, 3.05) is 7.11 Å². The van der Waals surface area contributed by atoms with Crippen LogP contribution < -0.4 is 14.9 Å². The van der Waals surface area contributed by atoms with Crippen molar-refractivity contribution in [2.45, 2.75) is 26.4 Å². The Labute approximate surface area is 131 Å². The summed E-state index contributed by atoms with van der Waals surface area (Å²) in [5.41, 5.74) is 1.37. The van der Waals surface area contributed by atoms with Crippen LogP contribution in [0, 0.1) is 12.7 Å². The van der Waals surface area contributed by atoms with E-state index >= 15 is 0 Å². The Bertz CT molecular complexity index is 739. The molecule has 1 amide bonds. The minimum absolute atomic E-state index is 0.0445. The highest BCUT2D eigenvalue weighted by Gasteiger charge is 2.14. The highest BCUT2D eigenvalue weighted by molar-refractivity contribution is 7.07. The predicted molar refractivity (Wildman–Crippen MR) is 82.8 cm³/mol. The van der Waals surface area contributed by atoms with Crippen LogP contribution in [0.5, 0.6) is 5.75 Å². The Balaban J connectivity index is 2.05. The summed E-state index contributed by atoms with van der Waals surface area (Å²) in [5.74, 6) is -0.624. The minimum Gasteiger partial charge on any atom is -0.494 e. The molecule has 2 aromatic rings. The number of ether oxygens (including phenoxy) is 1. The average Bonchev–Trinajstić information content (AvgIpc) is 2.79. The summed E-state index contributed by atoms with van der Waals surface area (Å²) in [5, 5.41) is 4.46. The third-order valence-electron chi connectivity index (χ3n) is 3.33. The van der Waals surface area contributed by atoms with E-state index in [9.17, 15) is 14.0 Å². The lowest BCUT2D eigenvalue weighted by Crippen LogP contribution is -2.32. The number of nitrogens with zero attached hydrogens (tertiary/aromatic N) is 1. The topological polar surface area (TPSA) is 60.3 Å². The number of amides is 1. The Morgan fingerprint density at radius 2 is 2.23 bits per heavy atom. The van der Waals surface area contributed by atoms with Crippen LogP contribution in [0.3, 0.4) is 0 Å². The Kier molecular flexibility index (Phi) is 4.97. The molecule has 0 saturated carbocycles. The largest absolute Gasteiger partial charge is 0.494 e. The van der Waals surface area contributed by atoms with Gasteiger partial charge in [0.05, 0.1) is 13.2 Å². The van der Waals surface area contributed by atoms with Gasteiger partial charge in [-0.2, -0.15) is 0 Å². The number of aromatic nitrogens is 1. The molecule has 0 spiro atoms. The van der Waals surface area contributed by atoms with Crippen molar-refractivity contribution in [2.24, 2.45) is 0 Å². The summed E-state index contributed by atoms with van der Waals surface area (Å²) in [4.78, 5) is 23.4. The summed E-state index contributed by atoms with van der Waals surface area (Å²) >= 11 is 1.06. The average molecular weight is 324 g/mol. The minimum atomic E-state index is -0.481. The van der Waals surface area contributed by atoms with Gasteiger partial charge in [0.2, 0.25) is 5.91 Å². The standard InChI is InChI=1S/C15H17FN2O3S/c1-9-8-22-15(20)18(9)7-14(19)17-10(2)11-4-5-13(21-3)12(16)6-11/h4-6,8,10H,7H2,1-3H3,(H,17,19). The quantitative estimate of drug-likeness (QED) is 0.917. The van der Waals surface area contributed by atoms with Gasteiger partial charge >= 0.3 is 4.87 Å². The second kappa shape index (κ2) is 6.74. The molecule has 1 unspecified atom stereocenters. The van der Waals surface area contributed by atoms with Gasteiger partial charge < -0.3 is 10.1 Å². The van der Waals surface area contributed by atoms with Gasteiger partial charge in [-0.1, -0.05) is 17.4 Å². The van der Waals surface area contributed by atoms with Crippen LogP contribution in [0.25, 0.3) is 0 Å². The first-order chi connectivity index (χ1) is 10.4. The Hall–Kier alpha value is -2.15. The highest BCUT2D eigenvalue weighted by Crippen LogP contribution is 2.21. The Morgan fingerprint density at radius 1 is 1.50 bits per heavy atom. The molecule has 0 aliphatic rings. The molecule has 0 radical (unpaired) electrons. The third-order valence-corrected chi connectivity index (χ3v) is 4.21. The number of rotatable bonds is 5. The first-order valence-electron chi connectivity index (χ1n) is 6.70. The van der Waals surface area contributed by atoms with E-state index in [4.69, 9.17) is 4.74 Å². The molecule has 0 aliphatic carbocycles. The van der Waals surface area contributed by atoms with Crippen molar-refractivity contribution >= 4 is 17.2 Å². The molecule has 1 N–H and O–H groups in total. The van der Waals surface area contributed by atoms with Crippen molar-refractivity contribution in [1.82, 2.24) is 9.88 Å². The molecule has 2 rings (SSSR count). The van der Waals surface area contributed by atoms with Crippen LogP contribution in [0.15, 0.2) is 28.4 Å². The SMILES string of the molecule is COc1ccc(C(C)NC(=O)Cn2c(C)csc2=O)cc1F. The lowest BCUT2D eigenvalue weighted by Gasteiger charge is -2.15. The molecule has 0 fully saturated rings. The first-order valence-corrected chi connectivity index (χ1v) is 7.58. The maximum atomic E-state index is 13.7. The second-order valence-corrected chi connectivity index (χ2v) is 5.73. The van der Waals surface area contributed by atoms with Crippen LogP contribution >= 0.6 is 11.3 Å². The zero-order valence-electron chi connectivity index (χ0n) is 12.6. The number of nitrogens with one attached hydrogen (secondary N) is 1. The number of carbonyl (C=O) groups excluding carboxylic acids is 1. The molecular weight excluding hydrogens is 307 g/mol. The number of carbonyl (C=O) groups is 1. The van der Waals surface area contributed by atoms with Gasteiger partial charge in [0.25, 0.3) is 0 Å². The fourth-order valence-electron chi connectivity index (χ4n) is 2.06. The van der Waals surface area contributed by atoms with Gasteiger partial charge in [0, 0.05) is 11.1 Å². The van der Waals surface area contributed by atoms with E-state index in [-0.39, 0.29) is 29.1 Å². The molecule has 1 heterocycles. The monoisotopic (exact) mass is 324 g/mol. The number of hydrogen-bond acceptors (Lipinski definition) is 4. The highest BCUT2D eigenvalue weighted by atomic mass is 32.1. The van der Waals surface area contributed by atoms with Crippen molar-refractivity contribution in [3.8, 4) is 5.75 Å². The predicted octanol–water partition coefficient (Wildman–Crippen LogP) is 2.24. The van der Waals surface area contributed by atoms with Gasteiger partial charge in [0.1, 0.15) is 6.54 Å². The normalized spacial score (nSPS) is 12.0. The first kappa shape index (κ1) is 16.2. The number of methoxy groups -OCH3 is 1. The number of benzene rings is 1. The van der Waals surface area contributed by atoms with Gasteiger partial charge in [-0.05, 0) is 31.5 Å². The van der Waals surface area contributed by atoms with Crippen LogP contribution in [0.2, 0.25) is 0 Å². The van der Waals surface area contributed by atoms with E-state index in [1.807, 2.05) is 0 Å². The number of aryl methyl sites for hydroxylation is 1.